The van der Waals surface area contributed by atoms with Crippen LogP contribution in [0.5, 0.6) is 23.0 Å². The van der Waals surface area contributed by atoms with Gasteiger partial charge in [-0.1, -0.05) is 12.1 Å². The number of benzene rings is 2. The highest BCUT2D eigenvalue weighted by atomic mass is 16.7. The first-order valence-corrected chi connectivity index (χ1v) is 7.37. The summed E-state index contributed by atoms with van der Waals surface area (Å²) in [6, 6.07) is 10.4. The van der Waals surface area contributed by atoms with Crippen LogP contribution in [0.15, 0.2) is 42.5 Å². The van der Waals surface area contributed by atoms with E-state index in [0.717, 1.165) is 11.1 Å². The fraction of sp³-hybridized carbons (Fsp3) is 0.167. The van der Waals surface area contributed by atoms with E-state index in [9.17, 15) is 9.90 Å². The van der Waals surface area contributed by atoms with Crippen LogP contribution in [0.3, 0.4) is 0 Å². The van der Waals surface area contributed by atoms with Crippen molar-refractivity contribution in [1.29, 1.82) is 0 Å². The number of hydrogen-bond acceptors (Lipinski definition) is 5. The summed E-state index contributed by atoms with van der Waals surface area (Å²) >= 11 is 0. The summed E-state index contributed by atoms with van der Waals surface area (Å²) in [6.07, 6.45) is 3.16. The molecule has 0 aliphatic carbocycles. The highest BCUT2D eigenvalue weighted by molar-refractivity contribution is 5.91. The van der Waals surface area contributed by atoms with Gasteiger partial charge in [-0.15, -0.1) is 0 Å². The Morgan fingerprint density at radius 2 is 2.08 bits per heavy atom. The predicted molar refractivity (Wildman–Crippen MR) is 88.1 cm³/mol. The molecule has 2 N–H and O–H groups in total. The van der Waals surface area contributed by atoms with Gasteiger partial charge in [-0.05, 0) is 41.5 Å². The second-order valence-electron chi connectivity index (χ2n) is 5.17. The van der Waals surface area contributed by atoms with Crippen molar-refractivity contribution in [2.75, 3.05) is 13.9 Å². The molecule has 24 heavy (non-hydrogen) atoms. The van der Waals surface area contributed by atoms with Crippen molar-refractivity contribution in [3.63, 3.8) is 0 Å². The topological polar surface area (TPSA) is 77.0 Å². The molecular formula is C18H17NO5. The molecule has 1 amide bonds. The maximum atomic E-state index is 11.9. The number of rotatable bonds is 5. The molecule has 6 nitrogen and oxygen atoms in total. The normalized spacial score (nSPS) is 12.4. The third kappa shape index (κ3) is 3.60. The van der Waals surface area contributed by atoms with E-state index in [4.69, 9.17) is 14.2 Å². The molecule has 0 aromatic heterocycles. The molecule has 2 aromatic carbocycles. The van der Waals surface area contributed by atoms with Gasteiger partial charge in [0.1, 0.15) is 0 Å². The van der Waals surface area contributed by atoms with Crippen LogP contribution in [-0.2, 0) is 11.3 Å². The highest BCUT2D eigenvalue weighted by Gasteiger charge is 2.12. The summed E-state index contributed by atoms with van der Waals surface area (Å²) in [5.74, 6) is 1.60. The summed E-state index contributed by atoms with van der Waals surface area (Å²) < 4.78 is 15.6. The summed E-state index contributed by atoms with van der Waals surface area (Å²) in [6.45, 7) is 0.556. The molecule has 6 heteroatoms. The van der Waals surface area contributed by atoms with Crippen molar-refractivity contribution >= 4 is 12.0 Å². The minimum Gasteiger partial charge on any atom is -0.504 e. The Morgan fingerprint density at radius 3 is 2.92 bits per heavy atom. The zero-order valence-electron chi connectivity index (χ0n) is 13.1. The van der Waals surface area contributed by atoms with Crippen LogP contribution in [0.25, 0.3) is 6.08 Å². The molecule has 1 aliphatic heterocycles. The quantitative estimate of drug-likeness (QED) is 0.825. The molecule has 3 rings (SSSR count). The lowest BCUT2D eigenvalue weighted by molar-refractivity contribution is -0.116. The Hall–Kier alpha value is -3.15. The highest BCUT2D eigenvalue weighted by Crippen LogP contribution is 2.32. The van der Waals surface area contributed by atoms with E-state index in [1.54, 1.807) is 18.2 Å². The molecule has 0 saturated carbocycles. The monoisotopic (exact) mass is 327 g/mol. The van der Waals surface area contributed by atoms with E-state index < -0.39 is 0 Å². The third-order valence-corrected chi connectivity index (χ3v) is 3.53. The first-order chi connectivity index (χ1) is 11.7. The molecule has 0 spiro atoms. The third-order valence-electron chi connectivity index (χ3n) is 3.53. The molecule has 0 bridgehead atoms. The van der Waals surface area contributed by atoms with Crippen molar-refractivity contribution in [3.05, 3.63) is 53.6 Å². The SMILES string of the molecule is COc1cc(CNC(=O)/C=C/c2ccc3c(c2)OCO3)ccc1O. The number of methoxy groups -OCH3 is 1. The van der Waals surface area contributed by atoms with Gasteiger partial charge in [-0.2, -0.15) is 0 Å². The predicted octanol–water partition coefficient (Wildman–Crippen LogP) is 2.46. The van der Waals surface area contributed by atoms with E-state index in [0.29, 0.717) is 23.8 Å². The van der Waals surface area contributed by atoms with Crippen molar-refractivity contribution in [3.8, 4) is 23.0 Å². The van der Waals surface area contributed by atoms with Gasteiger partial charge in [0, 0.05) is 12.6 Å². The molecule has 2 aromatic rings. The Labute approximate surface area is 139 Å². The average molecular weight is 327 g/mol. The average Bonchev–Trinajstić information content (AvgIpc) is 3.07. The van der Waals surface area contributed by atoms with Gasteiger partial charge < -0.3 is 24.6 Å². The maximum absolute atomic E-state index is 11.9. The number of ether oxygens (including phenoxy) is 3. The number of amides is 1. The number of carbonyl (C=O) groups is 1. The molecule has 124 valence electrons. The van der Waals surface area contributed by atoms with Crippen LogP contribution in [0.4, 0.5) is 0 Å². The molecule has 0 unspecified atom stereocenters. The molecular weight excluding hydrogens is 310 g/mol. The van der Waals surface area contributed by atoms with Crippen LogP contribution in [0.2, 0.25) is 0 Å². The number of nitrogens with one attached hydrogen (secondary N) is 1. The van der Waals surface area contributed by atoms with Crippen molar-refractivity contribution in [2.45, 2.75) is 6.54 Å². The van der Waals surface area contributed by atoms with Crippen molar-refractivity contribution < 1.29 is 24.1 Å². The zero-order valence-corrected chi connectivity index (χ0v) is 13.1. The first kappa shape index (κ1) is 15.7. The van der Waals surface area contributed by atoms with Gasteiger partial charge in [0.05, 0.1) is 7.11 Å². The lowest BCUT2D eigenvalue weighted by Crippen LogP contribution is -2.20. The second-order valence-corrected chi connectivity index (χ2v) is 5.17. The fourth-order valence-electron chi connectivity index (χ4n) is 2.27. The van der Waals surface area contributed by atoms with Gasteiger partial charge in [-0.25, -0.2) is 0 Å². The number of hydrogen-bond donors (Lipinski definition) is 2. The zero-order chi connectivity index (χ0) is 16.9. The standard InChI is InChI=1S/C18H17NO5/c1-22-16-9-13(2-5-14(16)20)10-19-18(21)7-4-12-3-6-15-17(8-12)24-11-23-15/h2-9,20H,10-11H2,1H3,(H,19,21)/b7-4+. The molecule has 1 heterocycles. The van der Waals surface area contributed by atoms with Gasteiger partial charge in [-0.3, -0.25) is 4.79 Å². The minimum absolute atomic E-state index is 0.0651. The number of carbonyl (C=O) groups excluding carboxylic acids is 1. The first-order valence-electron chi connectivity index (χ1n) is 7.37. The molecule has 0 saturated heterocycles. The Kier molecular flexibility index (Phi) is 4.56. The van der Waals surface area contributed by atoms with Gasteiger partial charge in [0.2, 0.25) is 12.7 Å². The molecule has 0 radical (unpaired) electrons. The van der Waals surface area contributed by atoms with E-state index in [-0.39, 0.29) is 18.4 Å². The lowest BCUT2D eigenvalue weighted by Gasteiger charge is -2.07. The van der Waals surface area contributed by atoms with Crippen molar-refractivity contribution in [1.82, 2.24) is 5.32 Å². The van der Waals surface area contributed by atoms with Crippen LogP contribution >= 0.6 is 0 Å². The maximum Gasteiger partial charge on any atom is 0.244 e. The Morgan fingerprint density at radius 1 is 1.25 bits per heavy atom. The number of phenols is 1. The Bertz CT molecular complexity index is 785. The summed E-state index contributed by atoms with van der Waals surface area (Å²) in [7, 11) is 1.48. The van der Waals surface area contributed by atoms with Gasteiger partial charge >= 0.3 is 0 Å². The lowest BCUT2D eigenvalue weighted by atomic mass is 10.2. The molecule has 0 atom stereocenters. The fourth-order valence-corrected chi connectivity index (χ4v) is 2.27. The molecule has 1 aliphatic rings. The van der Waals surface area contributed by atoms with E-state index in [1.807, 2.05) is 18.2 Å². The van der Waals surface area contributed by atoms with Crippen LogP contribution in [0.1, 0.15) is 11.1 Å². The number of phenolic OH excluding ortho intramolecular Hbond substituents is 1. The molecule has 0 fully saturated rings. The summed E-state index contributed by atoms with van der Waals surface area (Å²) in [4.78, 5) is 11.9. The van der Waals surface area contributed by atoms with Crippen molar-refractivity contribution in [2.24, 2.45) is 0 Å². The summed E-state index contributed by atoms with van der Waals surface area (Å²) in [5.41, 5.74) is 1.68. The van der Waals surface area contributed by atoms with Gasteiger partial charge in [0.25, 0.3) is 0 Å². The van der Waals surface area contributed by atoms with E-state index >= 15 is 0 Å². The largest absolute Gasteiger partial charge is 0.504 e. The Balaban J connectivity index is 1.57. The van der Waals surface area contributed by atoms with E-state index in [2.05, 4.69) is 5.32 Å². The van der Waals surface area contributed by atoms with Crippen LogP contribution in [-0.4, -0.2) is 24.9 Å². The van der Waals surface area contributed by atoms with Crippen LogP contribution in [0, 0.1) is 0 Å². The van der Waals surface area contributed by atoms with Crippen LogP contribution < -0.4 is 19.5 Å². The van der Waals surface area contributed by atoms with Gasteiger partial charge in [0.15, 0.2) is 23.0 Å². The van der Waals surface area contributed by atoms with E-state index in [1.165, 1.54) is 19.3 Å². The smallest absolute Gasteiger partial charge is 0.244 e. The minimum atomic E-state index is -0.222. The second kappa shape index (κ2) is 6.95. The summed E-state index contributed by atoms with van der Waals surface area (Å²) in [5, 5.41) is 12.3. The number of fused-ring (bicyclic) bond motifs is 1. The number of aromatic hydroxyl groups is 1.